The Kier molecular flexibility index (Phi) is 6.58. The van der Waals surface area contributed by atoms with Gasteiger partial charge >= 0.3 is 0 Å². The number of carbonyl (C=O) groups excluding carboxylic acids is 2. The molecule has 8 heteroatoms. The molecule has 4 rings (SSSR count). The van der Waals surface area contributed by atoms with Crippen LogP contribution >= 0.6 is 0 Å². The molecule has 0 bridgehead atoms. The molecule has 174 valence electrons. The maximum atomic E-state index is 13.7. The second-order valence-electron chi connectivity index (χ2n) is 7.91. The van der Waals surface area contributed by atoms with Crippen molar-refractivity contribution in [2.75, 3.05) is 19.0 Å². The van der Waals surface area contributed by atoms with Crippen molar-refractivity contribution in [1.29, 1.82) is 0 Å². The van der Waals surface area contributed by atoms with Gasteiger partial charge in [0.2, 0.25) is 0 Å². The lowest BCUT2D eigenvalue weighted by molar-refractivity contribution is 0.0952. The number of nitrogens with one attached hydrogen (secondary N) is 2. The first-order chi connectivity index (χ1) is 16.4. The summed E-state index contributed by atoms with van der Waals surface area (Å²) in [5.74, 6) is 0.258. The number of rotatable bonds is 7. The van der Waals surface area contributed by atoms with Gasteiger partial charge in [-0.1, -0.05) is 18.2 Å². The molecular formula is C26H25FN4O3. The van der Waals surface area contributed by atoms with E-state index in [1.165, 1.54) is 13.2 Å². The van der Waals surface area contributed by atoms with Crippen molar-refractivity contribution in [3.05, 3.63) is 89.0 Å². The third kappa shape index (κ3) is 4.76. The summed E-state index contributed by atoms with van der Waals surface area (Å²) in [4.78, 5) is 29.7. The highest BCUT2D eigenvalue weighted by Gasteiger charge is 2.14. The highest BCUT2D eigenvalue weighted by atomic mass is 19.1. The second-order valence-corrected chi connectivity index (χ2v) is 7.91. The number of hydrogen-bond acceptors (Lipinski definition) is 4. The summed E-state index contributed by atoms with van der Waals surface area (Å²) in [6.45, 7) is 2.00. The Morgan fingerprint density at radius 2 is 1.85 bits per heavy atom. The molecule has 0 fully saturated rings. The molecule has 0 radical (unpaired) electrons. The largest absolute Gasteiger partial charge is 0.496 e. The quantitative estimate of drug-likeness (QED) is 0.432. The average Bonchev–Trinajstić information content (AvgIpc) is 3.15. The summed E-state index contributed by atoms with van der Waals surface area (Å²) in [6.07, 6.45) is 0.494. The van der Waals surface area contributed by atoms with E-state index < -0.39 is 5.82 Å². The van der Waals surface area contributed by atoms with Gasteiger partial charge in [-0.15, -0.1) is 0 Å². The summed E-state index contributed by atoms with van der Waals surface area (Å²) < 4.78 is 20.9. The van der Waals surface area contributed by atoms with Crippen LogP contribution in [0.15, 0.2) is 60.7 Å². The van der Waals surface area contributed by atoms with Gasteiger partial charge in [0, 0.05) is 31.3 Å². The number of hydrogen-bond donors (Lipinski definition) is 2. The first kappa shape index (κ1) is 23.0. The van der Waals surface area contributed by atoms with Gasteiger partial charge in [0.1, 0.15) is 17.4 Å². The van der Waals surface area contributed by atoms with Crippen LogP contribution < -0.4 is 15.4 Å². The van der Waals surface area contributed by atoms with E-state index in [1.54, 1.807) is 49.4 Å². The molecular weight excluding hydrogens is 435 g/mol. The summed E-state index contributed by atoms with van der Waals surface area (Å²) in [7, 11) is 3.42. The van der Waals surface area contributed by atoms with Gasteiger partial charge in [-0.2, -0.15) is 0 Å². The van der Waals surface area contributed by atoms with Crippen LogP contribution in [-0.2, 0) is 13.5 Å². The van der Waals surface area contributed by atoms with Crippen molar-refractivity contribution < 1.29 is 18.7 Å². The SMILES string of the molecule is COc1ccccc1C(=O)Nc1ccc2c(c1)nc(CCNC(=O)c1ccc(C)c(F)c1)n2C. The van der Waals surface area contributed by atoms with Gasteiger partial charge in [-0.25, -0.2) is 9.37 Å². The Balaban J connectivity index is 1.43. The molecule has 1 heterocycles. The minimum atomic E-state index is -0.406. The van der Waals surface area contributed by atoms with Crippen molar-refractivity contribution in [3.63, 3.8) is 0 Å². The third-order valence-electron chi connectivity index (χ3n) is 5.65. The number of methoxy groups -OCH3 is 1. The predicted molar refractivity (Wildman–Crippen MR) is 129 cm³/mol. The van der Waals surface area contributed by atoms with Gasteiger partial charge in [-0.05, 0) is 55.0 Å². The number of ether oxygens (including phenoxy) is 1. The van der Waals surface area contributed by atoms with E-state index in [0.717, 1.165) is 16.9 Å². The lowest BCUT2D eigenvalue weighted by atomic mass is 10.1. The molecule has 0 spiro atoms. The first-order valence-electron chi connectivity index (χ1n) is 10.8. The number of aryl methyl sites for hydroxylation is 2. The van der Waals surface area contributed by atoms with Crippen LogP contribution in [-0.4, -0.2) is 35.0 Å². The predicted octanol–water partition coefficient (Wildman–Crippen LogP) is 4.25. The molecule has 0 aliphatic rings. The molecule has 2 N–H and O–H groups in total. The number of para-hydroxylation sites is 1. The van der Waals surface area contributed by atoms with E-state index in [-0.39, 0.29) is 17.4 Å². The molecule has 4 aromatic rings. The minimum absolute atomic E-state index is 0.275. The summed E-state index contributed by atoms with van der Waals surface area (Å²) in [5.41, 5.74) is 3.46. The van der Waals surface area contributed by atoms with Gasteiger partial charge in [0.25, 0.3) is 11.8 Å². The number of fused-ring (bicyclic) bond motifs is 1. The normalized spacial score (nSPS) is 10.8. The Morgan fingerprint density at radius 3 is 2.62 bits per heavy atom. The Morgan fingerprint density at radius 1 is 1.06 bits per heavy atom. The van der Waals surface area contributed by atoms with Crippen LogP contribution in [0.1, 0.15) is 32.1 Å². The molecule has 0 saturated carbocycles. The van der Waals surface area contributed by atoms with Crippen molar-refractivity contribution in [1.82, 2.24) is 14.9 Å². The Hall–Kier alpha value is -4.20. The van der Waals surface area contributed by atoms with E-state index in [0.29, 0.717) is 35.5 Å². The minimum Gasteiger partial charge on any atom is -0.496 e. The van der Waals surface area contributed by atoms with Gasteiger partial charge in [0.15, 0.2) is 0 Å². The van der Waals surface area contributed by atoms with Crippen LogP contribution in [0.4, 0.5) is 10.1 Å². The lowest BCUT2D eigenvalue weighted by Gasteiger charge is -2.09. The average molecular weight is 461 g/mol. The maximum absolute atomic E-state index is 13.7. The molecule has 0 aliphatic heterocycles. The van der Waals surface area contributed by atoms with E-state index >= 15 is 0 Å². The second kappa shape index (κ2) is 9.74. The van der Waals surface area contributed by atoms with E-state index in [9.17, 15) is 14.0 Å². The smallest absolute Gasteiger partial charge is 0.259 e. The van der Waals surface area contributed by atoms with Crippen molar-refractivity contribution in [2.45, 2.75) is 13.3 Å². The van der Waals surface area contributed by atoms with Crippen LogP contribution in [0.3, 0.4) is 0 Å². The number of nitrogens with zero attached hydrogens (tertiary/aromatic N) is 2. The highest BCUT2D eigenvalue weighted by molar-refractivity contribution is 6.06. The zero-order valence-corrected chi connectivity index (χ0v) is 19.2. The topological polar surface area (TPSA) is 85.2 Å². The standard InChI is InChI=1S/C26H25FN4O3/c1-16-8-9-17(14-20(16)27)25(32)28-13-12-24-30-21-15-18(10-11-22(21)31(24)2)29-26(33)19-6-4-5-7-23(19)34-3/h4-11,14-15H,12-13H2,1-3H3,(H,28,32)(H,29,33). The molecule has 1 aromatic heterocycles. The number of anilines is 1. The fourth-order valence-electron chi connectivity index (χ4n) is 3.71. The van der Waals surface area contributed by atoms with E-state index in [2.05, 4.69) is 15.6 Å². The van der Waals surface area contributed by atoms with Crippen LogP contribution in [0.25, 0.3) is 11.0 Å². The molecule has 0 saturated heterocycles. The molecule has 7 nitrogen and oxygen atoms in total. The maximum Gasteiger partial charge on any atom is 0.259 e. The fraction of sp³-hybridized carbons (Fsp3) is 0.192. The van der Waals surface area contributed by atoms with Gasteiger partial charge in [0.05, 0.1) is 23.7 Å². The molecule has 34 heavy (non-hydrogen) atoms. The zero-order valence-electron chi connectivity index (χ0n) is 19.2. The molecule has 0 aliphatic carbocycles. The number of aromatic nitrogens is 2. The van der Waals surface area contributed by atoms with Crippen LogP contribution in [0.2, 0.25) is 0 Å². The summed E-state index contributed by atoms with van der Waals surface area (Å²) in [5, 5.41) is 5.69. The van der Waals surface area contributed by atoms with E-state index in [1.807, 2.05) is 23.7 Å². The van der Waals surface area contributed by atoms with Gasteiger partial charge in [-0.3, -0.25) is 9.59 Å². The number of halogens is 1. The Labute approximate surface area is 196 Å². The molecule has 2 amide bonds. The number of benzene rings is 3. The summed E-state index contributed by atoms with van der Waals surface area (Å²) in [6, 6.07) is 16.9. The zero-order chi connectivity index (χ0) is 24.2. The number of carbonyl (C=O) groups is 2. The number of imidazole rings is 1. The van der Waals surface area contributed by atoms with E-state index in [4.69, 9.17) is 4.74 Å². The monoisotopic (exact) mass is 460 g/mol. The van der Waals surface area contributed by atoms with Crippen molar-refractivity contribution in [2.24, 2.45) is 7.05 Å². The van der Waals surface area contributed by atoms with Crippen molar-refractivity contribution in [3.8, 4) is 5.75 Å². The van der Waals surface area contributed by atoms with Gasteiger partial charge < -0.3 is 19.9 Å². The molecule has 3 aromatic carbocycles. The Bertz CT molecular complexity index is 1380. The highest BCUT2D eigenvalue weighted by Crippen LogP contribution is 2.23. The van der Waals surface area contributed by atoms with Crippen LogP contribution in [0.5, 0.6) is 5.75 Å². The molecule has 0 atom stereocenters. The molecule has 0 unspecified atom stereocenters. The fourth-order valence-corrected chi connectivity index (χ4v) is 3.71. The first-order valence-corrected chi connectivity index (χ1v) is 10.8. The lowest BCUT2D eigenvalue weighted by Crippen LogP contribution is -2.26. The number of amides is 2. The summed E-state index contributed by atoms with van der Waals surface area (Å²) >= 11 is 0. The third-order valence-corrected chi connectivity index (χ3v) is 5.65. The van der Waals surface area contributed by atoms with Crippen molar-refractivity contribution >= 4 is 28.5 Å². The van der Waals surface area contributed by atoms with Crippen LogP contribution in [0, 0.1) is 12.7 Å².